The lowest BCUT2D eigenvalue weighted by Crippen LogP contribution is -2.47. The summed E-state index contributed by atoms with van der Waals surface area (Å²) >= 11 is 0. The Bertz CT molecular complexity index is 864. The molecule has 2 aliphatic rings. The van der Waals surface area contributed by atoms with Crippen molar-refractivity contribution >= 4 is 17.4 Å². The highest BCUT2D eigenvalue weighted by Gasteiger charge is 2.41. The third kappa shape index (κ3) is 4.53. The van der Waals surface area contributed by atoms with Gasteiger partial charge in [-0.05, 0) is 37.0 Å². The van der Waals surface area contributed by atoms with Gasteiger partial charge in [-0.15, -0.1) is 0 Å². The Kier molecular flexibility index (Phi) is 6.41. The number of benzene rings is 1. The second-order valence-electron chi connectivity index (χ2n) is 8.24. The molecule has 4 rings (SSSR count). The maximum atomic E-state index is 12.4. The van der Waals surface area contributed by atoms with Crippen LogP contribution in [0.3, 0.4) is 0 Å². The third-order valence-corrected chi connectivity index (χ3v) is 6.24. The minimum Gasteiger partial charge on any atom is -0.495 e. The van der Waals surface area contributed by atoms with Gasteiger partial charge in [-0.2, -0.15) is 0 Å². The molecule has 6 nitrogen and oxygen atoms in total. The van der Waals surface area contributed by atoms with Crippen molar-refractivity contribution in [3.05, 3.63) is 48.2 Å². The molecule has 0 unspecified atom stereocenters. The number of carbonyl (C=O) groups is 1. The van der Waals surface area contributed by atoms with E-state index in [2.05, 4.69) is 45.2 Å². The molecule has 1 aromatic heterocycles. The van der Waals surface area contributed by atoms with Crippen LogP contribution in [0.4, 0.5) is 11.5 Å². The molecule has 6 heteroatoms. The molecule has 2 aromatic rings. The number of methoxy groups -OCH3 is 1. The topological polar surface area (TPSA) is 57.7 Å². The van der Waals surface area contributed by atoms with Crippen LogP contribution in [0.25, 0.3) is 0 Å². The molecular weight excluding hydrogens is 376 g/mol. The summed E-state index contributed by atoms with van der Waals surface area (Å²) in [7, 11) is 1.72. The maximum Gasteiger partial charge on any atom is 0.223 e. The van der Waals surface area contributed by atoms with Gasteiger partial charge < -0.3 is 19.9 Å². The molecule has 0 radical (unpaired) electrons. The maximum absolute atomic E-state index is 12.4. The molecule has 30 heavy (non-hydrogen) atoms. The summed E-state index contributed by atoms with van der Waals surface area (Å²) in [4.78, 5) is 21.8. The van der Waals surface area contributed by atoms with Crippen molar-refractivity contribution in [1.29, 1.82) is 0 Å². The third-order valence-electron chi connectivity index (χ3n) is 6.24. The van der Waals surface area contributed by atoms with Gasteiger partial charge in [-0.1, -0.05) is 31.5 Å². The van der Waals surface area contributed by atoms with Gasteiger partial charge in [-0.25, -0.2) is 4.98 Å². The summed E-state index contributed by atoms with van der Waals surface area (Å²) in [5, 5.41) is 3.15. The summed E-state index contributed by atoms with van der Waals surface area (Å²) in [6.45, 7) is 6.31. The highest BCUT2D eigenvalue weighted by molar-refractivity contribution is 5.81. The van der Waals surface area contributed by atoms with Crippen LogP contribution in [0.5, 0.6) is 5.75 Å². The molecule has 0 bridgehead atoms. The number of hydrogen-bond acceptors (Lipinski definition) is 5. The number of piperazine rings is 1. The molecule has 1 saturated heterocycles. The minimum atomic E-state index is 0.198. The van der Waals surface area contributed by atoms with Crippen molar-refractivity contribution in [3.63, 3.8) is 0 Å². The Labute approximate surface area is 179 Å². The van der Waals surface area contributed by atoms with E-state index in [0.29, 0.717) is 12.5 Å². The second kappa shape index (κ2) is 9.37. The highest BCUT2D eigenvalue weighted by Crippen LogP contribution is 2.42. The number of pyridine rings is 1. The average molecular weight is 409 g/mol. The normalized spacial score (nSPS) is 20.7. The Hall–Kier alpha value is -2.76. The van der Waals surface area contributed by atoms with Gasteiger partial charge in [0.15, 0.2) is 0 Å². The molecule has 1 saturated carbocycles. The van der Waals surface area contributed by atoms with E-state index >= 15 is 0 Å². The first kappa shape index (κ1) is 20.5. The molecule has 1 N–H and O–H groups in total. The van der Waals surface area contributed by atoms with Crippen molar-refractivity contribution in [2.75, 3.05) is 43.1 Å². The van der Waals surface area contributed by atoms with Crippen molar-refractivity contribution in [3.8, 4) is 5.75 Å². The predicted molar refractivity (Wildman–Crippen MR) is 120 cm³/mol. The molecule has 1 amide bonds. The first-order valence-corrected chi connectivity index (χ1v) is 11.1. The number of rotatable bonds is 8. The lowest BCUT2D eigenvalue weighted by atomic mass is 10.1. The molecule has 1 aliphatic carbocycles. The first-order valence-electron chi connectivity index (χ1n) is 11.1. The number of carbonyl (C=O) groups excluding carboxylic acids is 1. The van der Waals surface area contributed by atoms with Gasteiger partial charge in [0, 0.05) is 50.4 Å². The number of para-hydroxylation sites is 2. The van der Waals surface area contributed by atoms with Crippen LogP contribution in [0, 0.1) is 11.8 Å². The second-order valence-corrected chi connectivity index (χ2v) is 8.24. The van der Waals surface area contributed by atoms with E-state index in [1.807, 2.05) is 24.4 Å². The van der Waals surface area contributed by atoms with Gasteiger partial charge in [0.05, 0.1) is 12.8 Å². The first-order chi connectivity index (χ1) is 14.7. The minimum absolute atomic E-state index is 0.198. The van der Waals surface area contributed by atoms with E-state index in [1.165, 1.54) is 0 Å². The van der Waals surface area contributed by atoms with E-state index in [9.17, 15) is 4.79 Å². The number of ether oxygens (including phenoxy) is 1. The summed E-state index contributed by atoms with van der Waals surface area (Å²) in [5.41, 5.74) is 2.23. The Balaban J connectivity index is 1.36. The SMILES string of the molecule is CCC[C@@H]1C[C@@H]1C(=O)NCc1cccnc1N1CCN(c2ccccc2OC)CC1. The van der Waals surface area contributed by atoms with Crippen LogP contribution in [0.2, 0.25) is 0 Å². The summed E-state index contributed by atoms with van der Waals surface area (Å²) in [6, 6.07) is 12.2. The standard InChI is InChI=1S/C24H32N4O2/c1-3-7-18-16-20(18)24(29)26-17-19-8-6-11-25-23(19)28-14-12-27(13-15-28)21-9-4-5-10-22(21)30-2/h4-6,8-11,18,20H,3,7,12-17H2,1-2H3,(H,26,29)/t18-,20+/m1/s1. The van der Waals surface area contributed by atoms with Crippen molar-refractivity contribution < 1.29 is 9.53 Å². The van der Waals surface area contributed by atoms with Crippen LogP contribution < -0.4 is 19.9 Å². The average Bonchev–Trinajstić information content (AvgIpc) is 3.57. The number of aromatic nitrogens is 1. The van der Waals surface area contributed by atoms with Gasteiger partial charge in [0.1, 0.15) is 11.6 Å². The Morgan fingerprint density at radius 2 is 1.90 bits per heavy atom. The lowest BCUT2D eigenvalue weighted by molar-refractivity contribution is -0.122. The lowest BCUT2D eigenvalue weighted by Gasteiger charge is -2.37. The number of nitrogens with zero attached hydrogens (tertiary/aromatic N) is 3. The smallest absolute Gasteiger partial charge is 0.223 e. The number of amides is 1. The van der Waals surface area contributed by atoms with Crippen LogP contribution in [0.1, 0.15) is 31.7 Å². The molecule has 1 aromatic carbocycles. The predicted octanol–water partition coefficient (Wildman–Crippen LogP) is 3.47. The molecular formula is C24H32N4O2. The van der Waals surface area contributed by atoms with Crippen molar-refractivity contribution in [2.24, 2.45) is 11.8 Å². The quantitative estimate of drug-likeness (QED) is 0.725. The zero-order valence-electron chi connectivity index (χ0n) is 18.0. The van der Waals surface area contributed by atoms with Crippen LogP contribution in [-0.4, -0.2) is 44.2 Å². The molecule has 0 spiro atoms. The molecule has 2 atom stereocenters. The van der Waals surface area contributed by atoms with E-state index in [0.717, 1.165) is 68.3 Å². The fourth-order valence-corrected chi connectivity index (χ4v) is 4.48. The van der Waals surface area contributed by atoms with Gasteiger partial charge in [0.2, 0.25) is 5.91 Å². The van der Waals surface area contributed by atoms with Gasteiger partial charge >= 0.3 is 0 Å². The summed E-state index contributed by atoms with van der Waals surface area (Å²) in [6.07, 6.45) is 5.20. The van der Waals surface area contributed by atoms with Crippen molar-refractivity contribution in [2.45, 2.75) is 32.7 Å². The number of hydrogen-bond donors (Lipinski definition) is 1. The van der Waals surface area contributed by atoms with E-state index < -0.39 is 0 Å². The zero-order valence-corrected chi connectivity index (χ0v) is 18.0. The monoisotopic (exact) mass is 408 g/mol. The summed E-state index contributed by atoms with van der Waals surface area (Å²) in [5.74, 6) is 2.90. The van der Waals surface area contributed by atoms with E-state index in [1.54, 1.807) is 7.11 Å². The van der Waals surface area contributed by atoms with Gasteiger partial charge in [0.25, 0.3) is 0 Å². The van der Waals surface area contributed by atoms with Gasteiger partial charge in [-0.3, -0.25) is 4.79 Å². The van der Waals surface area contributed by atoms with E-state index in [4.69, 9.17) is 4.74 Å². The Morgan fingerprint density at radius 1 is 1.13 bits per heavy atom. The number of nitrogens with one attached hydrogen (secondary N) is 1. The highest BCUT2D eigenvalue weighted by atomic mass is 16.5. The molecule has 2 fully saturated rings. The van der Waals surface area contributed by atoms with Crippen LogP contribution in [0.15, 0.2) is 42.6 Å². The number of anilines is 2. The molecule has 160 valence electrons. The molecule has 2 heterocycles. The van der Waals surface area contributed by atoms with E-state index in [-0.39, 0.29) is 11.8 Å². The summed E-state index contributed by atoms with van der Waals surface area (Å²) < 4.78 is 5.52. The largest absolute Gasteiger partial charge is 0.495 e. The fourth-order valence-electron chi connectivity index (χ4n) is 4.48. The van der Waals surface area contributed by atoms with Crippen LogP contribution in [-0.2, 0) is 11.3 Å². The fraction of sp³-hybridized carbons (Fsp3) is 0.500. The molecule has 1 aliphatic heterocycles. The zero-order chi connectivity index (χ0) is 20.9. The van der Waals surface area contributed by atoms with Crippen LogP contribution >= 0.6 is 0 Å². The Morgan fingerprint density at radius 3 is 2.67 bits per heavy atom. The van der Waals surface area contributed by atoms with Crippen molar-refractivity contribution in [1.82, 2.24) is 10.3 Å².